The van der Waals surface area contributed by atoms with Gasteiger partial charge in [-0.2, -0.15) is 0 Å². The molecule has 2 atom stereocenters. The first-order valence-corrected chi connectivity index (χ1v) is 4.74. The Kier molecular flexibility index (Phi) is 4.00. The van der Waals surface area contributed by atoms with Gasteiger partial charge in [-0.05, 0) is 25.6 Å². The van der Waals surface area contributed by atoms with Crippen LogP contribution in [-0.2, 0) is 4.74 Å². The summed E-state index contributed by atoms with van der Waals surface area (Å²) >= 11 is 5.04. The number of ether oxygens (including phenoxy) is 1. The minimum Gasteiger partial charge on any atom is -0.376 e. The van der Waals surface area contributed by atoms with Gasteiger partial charge in [-0.15, -0.1) is 6.42 Å². The lowest BCUT2D eigenvalue weighted by molar-refractivity contribution is 0.116. The van der Waals surface area contributed by atoms with E-state index in [9.17, 15) is 0 Å². The fourth-order valence-electron chi connectivity index (χ4n) is 1.27. The molecule has 1 rings (SSSR count). The van der Waals surface area contributed by atoms with E-state index in [0.29, 0.717) is 17.7 Å². The second kappa shape index (κ2) is 5.05. The third kappa shape index (κ3) is 3.21. The summed E-state index contributed by atoms with van der Waals surface area (Å²) in [5.74, 6) is 2.46. The molecule has 13 heavy (non-hydrogen) atoms. The molecule has 72 valence electrons. The van der Waals surface area contributed by atoms with Crippen molar-refractivity contribution in [2.75, 3.05) is 13.2 Å². The minimum atomic E-state index is 0.227. The van der Waals surface area contributed by atoms with Crippen LogP contribution >= 0.6 is 12.2 Å². The minimum absolute atomic E-state index is 0.227. The fourth-order valence-corrected chi connectivity index (χ4v) is 1.50. The van der Waals surface area contributed by atoms with E-state index < -0.39 is 0 Å². The van der Waals surface area contributed by atoms with E-state index in [1.54, 1.807) is 0 Å². The van der Waals surface area contributed by atoms with Crippen molar-refractivity contribution in [2.24, 2.45) is 0 Å². The highest BCUT2D eigenvalue weighted by molar-refractivity contribution is 7.80. The largest absolute Gasteiger partial charge is 0.376 e. The van der Waals surface area contributed by atoms with E-state index in [2.05, 4.69) is 16.6 Å². The molecule has 1 heterocycles. The molecule has 1 aliphatic rings. The van der Waals surface area contributed by atoms with E-state index in [0.717, 1.165) is 13.0 Å². The Morgan fingerprint density at radius 3 is 3.08 bits per heavy atom. The molecule has 0 aromatic carbocycles. The second-order valence-corrected chi connectivity index (χ2v) is 3.41. The normalized spacial score (nSPS) is 26.5. The molecule has 0 aromatic heterocycles. The first kappa shape index (κ1) is 10.3. The Morgan fingerprint density at radius 1 is 1.77 bits per heavy atom. The Balaban J connectivity index is 2.24. The lowest BCUT2D eigenvalue weighted by atomic mass is 10.2. The van der Waals surface area contributed by atoms with E-state index >= 15 is 0 Å². The molecule has 0 saturated carbocycles. The number of hydrogen-bond acceptors (Lipinski definition) is 2. The van der Waals surface area contributed by atoms with Gasteiger partial charge in [-0.25, -0.2) is 0 Å². The van der Waals surface area contributed by atoms with Gasteiger partial charge in [-0.1, -0.05) is 5.92 Å². The standard InChI is InChI=1S/C9H14N2OS/c1-3-5-10-9(13)11-8-4-6-12-7(8)2/h1,7-8H,4-6H2,2H3,(H2,10,11,13)/t7-,8-/m1/s1. The highest BCUT2D eigenvalue weighted by atomic mass is 32.1. The number of rotatable bonds is 2. The van der Waals surface area contributed by atoms with Crippen molar-refractivity contribution in [3.8, 4) is 12.3 Å². The van der Waals surface area contributed by atoms with Gasteiger partial charge in [0.1, 0.15) is 0 Å². The maximum Gasteiger partial charge on any atom is 0.167 e. The smallest absolute Gasteiger partial charge is 0.167 e. The van der Waals surface area contributed by atoms with Crippen molar-refractivity contribution in [3.05, 3.63) is 0 Å². The molecular weight excluding hydrogens is 184 g/mol. The molecule has 1 aliphatic heterocycles. The second-order valence-electron chi connectivity index (χ2n) is 3.00. The van der Waals surface area contributed by atoms with Gasteiger partial charge in [0.05, 0.1) is 18.7 Å². The topological polar surface area (TPSA) is 33.3 Å². The Labute approximate surface area is 84.2 Å². The number of nitrogens with one attached hydrogen (secondary N) is 2. The molecule has 4 heteroatoms. The van der Waals surface area contributed by atoms with Crippen molar-refractivity contribution in [2.45, 2.75) is 25.5 Å². The van der Waals surface area contributed by atoms with Crippen LogP contribution in [0.5, 0.6) is 0 Å². The summed E-state index contributed by atoms with van der Waals surface area (Å²) in [7, 11) is 0. The summed E-state index contributed by atoms with van der Waals surface area (Å²) in [5.41, 5.74) is 0. The average molecular weight is 198 g/mol. The van der Waals surface area contributed by atoms with Crippen LogP contribution in [-0.4, -0.2) is 30.4 Å². The Hall–Kier alpha value is -0.790. The third-order valence-electron chi connectivity index (χ3n) is 2.04. The fraction of sp³-hybridized carbons (Fsp3) is 0.667. The van der Waals surface area contributed by atoms with E-state index in [1.807, 2.05) is 6.92 Å². The van der Waals surface area contributed by atoms with Crippen molar-refractivity contribution in [1.82, 2.24) is 10.6 Å². The molecule has 0 spiro atoms. The zero-order valence-electron chi connectivity index (χ0n) is 7.67. The third-order valence-corrected chi connectivity index (χ3v) is 2.31. The monoisotopic (exact) mass is 198 g/mol. The highest BCUT2D eigenvalue weighted by Crippen LogP contribution is 2.11. The molecule has 1 saturated heterocycles. The molecule has 2 N–H and O–H groups in total. The summed E-state index contributed by atoms with van der Waals surface area (Å²) in [6.07, 6.45) is 6.31. The molecule has 3 nitrogen and oxygen atoms in total. The number of terminal acetylenes is 1. The van der Waals surface area contributed by atoms with Crippen LogP contribution in [0.25, 0.3) is 0 Å². The molecular formula is C9H14N2OS. The lowest BCUT2D eigenvalue weighted by Crippen LogP contribution is -2.44. The molecule has 0 aromatic rings. The number of thiocarbonyl (C=S) groups is 1. The summed E-state index contributed by atoms with van der Waals surface area (Å²) in [5, 5.41) is 6.68. The van der Waals surface area contributed by atoms with Gasteiger partial charge >= 0.3 is 0 Å². The van der Waals surface area contributed by atoms with Gasteiger partial charge in [0.25, 0.3) is 0 Å². The maximum absolute atomic E-state index is 5.38. The van der Waals surface area contributed by atoms with Crippen molar-refractivity contribution in [3.63, 3.8) is 0 Å². The van der Waals surface area contributed by atoms with Gasteiger partial charge in [-0.3, -0.25) is 0 Å². The Bertz CT molecular complexity index is 224. The summed E-state index contributed by atoms with van der Waals surface area (Å²) in [6, 6.07) is 0.317. The van der Waals surface area contributed by atoms with Crippen LogP contribution in [0.4, 0.5) is 0 Å². The first-order valence-electron chi connectivity index (χ1n) is 4.33. The van der Waals surface area contributed by atoms with Gasteiger partial charge in [0.15, 0.2) is 5.11 Å². The van der Waals surface area contributed by atoms with Crippen LogP contribution in [0.3, 0.4) is 0 Å². The molecule has 0 unspecified atom stereocenters. The van der Waals surface area contributed by atoms with Gasteiger partial charge in [0, 0.05) is 6.61 Å². The van der Waals surface area contributed by atoms with Crippen molar-refractivity contribution >= 4 is 17.3 Å². The van der Waals surface area contributed by atoms with Crippen LogP contribution in [0.1, 0.15) is 13.3 Å². The summed E-state index contributed by atoms with van der Waals surface area (Å²) in [6.45, 7) is 3.30. The van der Waals surface area contributed by atoms with E-state index in [4.69, 9.17) is 23.4 Å². The lowest BCUT2D eigenvalue weighted by Gasteiger charge is -2.17. The SMILES string of the molecule is C#CCNC(=S)N[C@@H]1CCO[C@@H]1C. The highest BCUT2D eigenvalue weighted by Gasteiger charge is 2.24. The zero-order valence-corrected chi connectivity index (χ0v) is 8.49. The zero-order chi connectivity index (χ0) is 9.68. The molecule has 0 radical (unpaired) electrons. The van der Waals surface area contributed by atoms with Crippen LogP contribution in [0.15, 0.2) is 0 Å². The average Bonchev–Trinajstić information content (AvgIpc) is 2.48. The van der Waals surface area contributed by atoms with E-state index in [-0.39, 0.29) is 6.10 Å². The quantitative estimate of drug-likeness (QED) is 0.492. The molecule has 0 amide bonds. The van der Waals surface area contributed by atoms with E-state index in [1.165, 1.54) is 0 Å². The first-order chi connectivity index (χ1) is 6.24. The predicted octanol–water partition coefficient (Wildman–Crippen LogP) is 0.261. The molecule has 1 fully saturated rings. The summed E-state index contributed by atoms with van der Waals surface area (Å²) in [4.78, 5) is 0. The van der Waals surface area contributed by atoms with Crippen LogP contribution < -0.4 is 10.6 Å². The van der Waals surface area contributed by atoms with Crippen LogP contribution in [0, 0.1) is 12.3 Å². The predicted molar refractivity (Wildman–Crippen MR) is 56.4 cm³/mol. The van der Waals surface area contributed by atoms with Gasteiger partial charge in [0.2, 0.25) is 0 Å². The molecule has 0 bridgehead atoms. The van der Waals surface area contributed by atoms with Gasteiger partial charge < -0.3 is 15.4 Å². The van der Waals surface area contributed by atoms with Crippen LogP contribution in [0.2, 0.25) is 0 Å². The molecule has 0 aliphatic carbocycles. The summed E-state index contributed by atoms with van der Waals surface area (Å²) < 4.78 is 5.38. The number of hydrogen-bond donors (Lipinski definition) is 2. The van der Waals surface area contributed by atoms with Crippen molar-refractivity contribution in [1.29, 1.82) is 0 Å². The van der Waals surface area contributed by atoms with Crippen molar-refractivity contribution < 1.29 is 4.74 Å². The Morgan fingerprint density at radius 2 is 2.54 bits per heavy atom. The maximum atomic E-state index is 5.38.